The molecule has 0 aliphatic carbocycles. The largest absolute Gasteiger partial charge is 0.480 e. The Hall–Kier alpha value is -1.06. The van der Waals surface area contributed by atoms with Crippen LogP contribution in [-0.4, -0.2) is 34.5 Å². The molecule has 0 bridgehead atoms. The van der Waals surface area contributed by atoms with E-state index in [0.29, 0.717) is 12.5 Å². The summed E-state index contributed by atoms with van der Waals surface area (Å²) >= 11 is 0. The molecule has 1 unspecified atom stereocenters. The first-order chi connectivity index (χ1) is 6.93. The minimum Gasteiger partial charge on any atom is -0.480 e. The zero-order chi connectivity index (χ0) is 11.6. The second-order valence-corrected chi connectivity index (χ2v) is 4.66. The van der Waals surface area contributed by atoms with Crippen LogP contribution >= 0.6 is 0 Å². The van der Waals surface area contributed by atoms with Crippen LogP contribution < -0.4 is 0 Å². The van der Waals surface area contributed by atoms with E-state index in [2.05, 4.69) is 13.8 Å². The van der Waals surface area contributed by atoms with E-state index in [9.17, 15) is 9.59 Å². The number of hydrogen-bond donors (Lipinski definition) is 1. The van der Waals surface area contributed by atoms with Gasteiger partial charge in [-0.15, -0.1) is 0 Å². The molecule has 1 heterocycles. The standard InChI is InChI=1S/C11H19NO3/c1-7(2)6-9-4-5-12(10(9)13)8(3)11(14)15/h7-9H,4-6H2,1-3H3,(H,14,15)/t8?,9-/m1/s1. The lowest BCUT2D eigenvalue weighted by molar-refractivity contribution is -0.148. The number of likely N-dealkylation sites (tertiary alicyclic amines) is 1. The normalized spacial score (nSPS) is 23.6. The van der Waals surface area contributed by atoms with E-state index in [0.717, 1.165) is 12.8 Å². The highest BCUT2D eigenvalue weighted by molar-refractivity contribution is 5.86. The average molecular weight is 213 g/mol. The molecule has 1 aliphatic heterocycles. The van der Waals surface area contributed by atoms with Gasteiger partial charge in [-0.2, -0.15) is 0 Å². The third-order valence-electron chi connectivity index (χ3n) is 2.93. The monoisotopic (exact) mass is 213 g/mol. The third kappa shape index (κ3) is 2.70. The van der Waals surface area contributed by atoms with Gasteiger partial charge in [-0.05, 0) is 25.7 Å². The molecule has 1 saturated heterocycles. The molecule has 0 saturated carbocycles. The summed E-state index contributed by atoms with van der Waals surface area (Å²) in [5, 5.41) is 8.83. The molecular formula is C11H19NO3. The second-order valence-electron chi connectivity index (χ2n) is 4.66. The predicted octanol–water partition coefficient (Wildman–Crippen LogP) is 1.35. The van der Waals surface area contributed by atoms with Crippen molar-refractivity contribution >= 4 is 11.9 Å². The number of carbonyl (C=O) groups is 2. The summed E-state index contributed by atoms with van der Waals surface area (Å²) in [6.07, 6.45) is 1.66. The molecule has 1 fully saturated rings. The molecule has 0 aromatic carbocycles. The Bertz CT molecular complexity index is 263. The van der Waals surface area contributed by atoms with Gasteiger partial charge < -0.3 is 10.0 Å². The number of nitrogens with zero attached hydrogens (tertiary/aromatic N) is 1. The molecule has 0 radical (unpaired) electrons. The number of carboxylic acid groups (broad SMARTS) is 1. The van der Waals surface area contributed by atoms with Gasteiger partial charge in [0, 0.05) is 12.5 Å². The molecule has 1 N–H and O–H groups in total. The SMILES string of the molecule is CC(C)C[C@H]1CCN(C(C)C(=O)O)C1=O. The van der Waals surface area contributed by atoms with Gasteiger partial charge in [-0.3, -0.25) is 4.79 Å². The summed E-state index contributed by atoms with van der Waals surface area (Å²) in [7, 11) is 0. The van der Waals surface area contributed by atoms with Gasteiger partial charge in [0.15, 0.2) is 0 Å². The van der Waals surface area contributed by atoms with Crippen LogP contribution in [0.5, 0.6) is 0 Å². The van der Waals surface area contributed by atoms with Gasteiger partial charge in [0.2, 0.25) is 5.91 Å². The summed E-state index contributed by atoms with van der Waals surface area (Å²) in [5.74, 6) is -0.391. The Morgan fingerprint density at radius 2 is 2.13 bits per heavy atom. The summed E-state index contributed by atoms with van der Waals surface area (Å²) in [6.45, 7) is 6.31. The Morgan fingerprint density at radius 1 is 1.53 bits per heavy atom. The smallest absolute Gasteiger partial charge is 0.326 e. The van der Waals surface area contributed by atoms with Crippen molar-refractivity contribution in [3.63, 3.8) is 0 Å². The third-order valence-corrected chi connectivity index (χ3v) is 2.93. The first-order valence-electron chi connectivity index (χ1n) is 5.46. The summed E-state index contributed by atoms with van der Waals surface area (Å²) in [4.78, 5) is 24.1. The maximum Gasteiger partial charge on any atom is 0.326 e. The van der Waals surface area contributed by atoms with Crippen LogP contribution in [0.4, 0.5) is 0 Å². The molecule has 1 rings (SSSR count). The number of hydrogen-bond acceptors (Lipinski definition) is 2. The lowest BCUT2D eigenvalue weighted by atomic mass is 9.96. The second kappa shape index (κ2) is 4.64. The molecule has 4 heteroatoms. The van der Waals surface area contributed by atoms with E-state index >= 15 is 0 Å². The quantitative estimate of drug-likeness (QED) is 0.767. The lowest BCUT2D eigenvalue weighted by Crippen LogP contribution is -2.40. The van der Waals surface area contributed by atoms with Gasteiger partial charge in [-0.25, -0.2) is 4.79 Å². The van der Waals surface area contributed by atoms with Crippen LogP contribution in [0.15, 0.2) is 0 Å². The van der Waals surface area contributed by atoms with Crippen LogP contribution in [0.25, 0.3) is 0 Å². The molecule has 2 atom stereocenters. The van der Waals surface area contributed by atoms with E-state index in [-0.39, 0.29) is 11.8 Å². The zero-order valence-corrected chi connectivity index (χ0v) is 9.56. The van der Waals surface area contributed by atoms with Crippen molar-refractivity contribution in [2.45, 2.75) is 39.7 Å². The maximum atomic E-state index is 11.8. The first kappa shape index (κ1) is 12.0. The number of carbonyl (C=O) groups excluding carboxylic acids is 1. The Labute approximate surface area is 90.3 Å². The summed E-state index contributed by atoms with van der Waals surface area (Å²) < 4.78 is 0. The van der Waals surface area contributed by atoms with E-state index in [1.807, 2.05) is 0 Å². The Balaban J connectivity index is 2.60. The van der Waals surface area contributed by atoms with Crippen molar-refractivity contribution in [3.05, 3.63) is 0 Å². The molecule has 0 aromatic heterocycles. The topological polar surface area (TPSA) is 57.6 Å². The molecular weight excluding hydrogens is 194 g/mol. The molecule has 0 aromatic rings. The Kier molecular flexibility index (Phi) is 3.72. The zero-order valence-electron chi connectivity index (χ0n) is 9.56. The molecule has 1 amide bonds. The fraction of sp³-hybridized carbons (Fsp3) is 0.818. The fourth-order valence-electron chi connectivity index (χ4n) is 2.07. The van der Waals surface area contributed by atoms with Crippen LogP contribution in [-0.2, 0) is 9.59 Å². The predicted molar refractivity (Wildman–Crippen MR) is 56.4 cm³/mol. The van der Waals surface area contributed by atoms with Crippen molar-refractivity contribution in [2.24, 2.45) is 11.8 Å². The number of amides is 1. The van der Waals surface area contributed by atoms with E-state index in [1.165, 1.54) is 4.90 Å². The lowest BCUT2D eigenvalue weighted by Gasteiger charge is -2.21. The molecule has 15 heavy (non-hydrogen) atoms. The van der Waals surface area contributed by atoms with Gasteiger partial charge >= 0.3 is 5.97 Å². The summed E-state index contributed by atoms with van der Waals surface area (Å²) in [5.41, 5.74) is 0. The molecule has 86 valence electrons. The first-order valence-corrected chi connectivity index (χ1v) is 5.46. The van der Waals surface area contributed by atoms with Crippen molar-refractivity contribution in [2.75, 3.05) is 6.54 Å². The number of carboxylic acids is 1. The molecule has 0 spiro atoms. The highest BCUT2D eigenvalue weighted by Gasteiger charge is 2.36. The Morgan fingerprint density at radius 3 is 2.60 bits per heavy atom. The van der Waals surface area contributed by atoms with Crippen LogP contribution in [0.1, 0.15) is 33.6 Å². The van der Waals surface area contributed by atoms with E-state index in [1.54, 1.807) is 6.92 Å². The molecule has 4 nitrogen and oxygen atoms in total. The van der Waals surface area contributed by atoms with Crippen LogP contribution in [0.2, 0.25) is 0 Å². The van der Waals surface area contributed by atoms with Crippen molar-refractivity contribution in [1.29, 1.82) is 0 Å². The minimum absolute atomic E-state index is 0.0126. The highest BCUT2D eigenvalue weighted by atomic mass is 16.4. The van der Waals surface area contributed by atoms with Crippen LogP contribution in [0, 0.1) is 11.8 Å². The van der Waals surface area contributed by atoms with Gasteiger partial charge in [0.05, 0.1) is 0 Å². The maximum absolute atomic E-state index is 11.8. The van der Waals surface area contributed by atoms with Crippen molar-refractivity contribution in [1.82, 2.24) is 4.90 Å². The van der Waals surface area contributed by atoms with Gasteiger partial charge in [0.1, 0.15) is 6.04 Å². The average Bonchev–Trinajstić information content (AvgIpc) is 2.46. The van der Waals surface area contributed by atoms with E-state index in [4.69, 9.17) is 5.11 Å². The molecule has 1 aliphatic rings. The summed E-state index contributed by atoms with van der Waals surface area (Å²) in [6, 6.07) is -0.685. The van der Waals surface area contributed by atoms with Crippen molar-refractivity contribution in [3.8, 4) is 0 Å². The minimum atomic E-state index is -0.923. The fourth-order valence-corrected chi connectivity index (χ4v) is 2.07. The van der Waals surface area contributed by atoms with Crippen molar-refractivity contribution < 1.29 is 14.7 Å². The number of aliphatic carboxylic acids is 1. The van der Waals surface area contributed by atoms with Gasteiger partial charge in [0.25, 0.3) is 0 Å². The van der Waals surface area contributed by atoms with E-state index < -0.39 is 12.0 Å². The number of rotatable bonds is 4. The van der Waals surface area contributed by atoms with Gasteiger partial charge in [-0.1, -0.05) is 13.8 Å². The highest BCUT2D eigenvalue weighted by Crippen LogP contribution is 2.26. The van der Waals surface area contributed by atoms with Crippen LogP contribution in [0.3, 0.4) is 0 Å².